The fraction of sp³-hybridized carbons (Fsp3) is 0.0857. The summed E-state index contributed by atoms with van der Waals surface area (Å²) in [5.74, 6) is 2.90. The van der Waals surface area contributed by atoms with Gasteiger partial charge in [0.2, 0.25) is 0 Å². The zero-order chi connectivity index (χ0) is 27.8. The zero-order valence-corrected chi connectivity index (χ0v) is 24.5. The molecule has 3 aromatic heterocycles. The van der Waals surface area contributed by atoms with Gasteiger partial charge < -0.3 is 18.1 Å². The number of carbonyl (C=O) groups excluding carboxylic acids is 1. The van der Waals surface area contributed by atoms with Crippen molar-refractivity contribution in [1.82, 2.24) is 9.55 Å². The molecule has 208 valence electrons. The van der Waals surface area contributed by atoms with E-state index in [0.717, 1.165) is 44.4 Å². The summed E-state index contributed by atoms with van der Waals surface area (Å²) in [6, 6.07) is 35.0. The van der Waals surface area contributed by atoms with Crippen LogP contribution < -0.4 is 4.74 Å². The van der Waals surface area contributed by atoms with Crippen molar-refractivity contribution in [2.75, 3.05) is 7.11 Å². The predicted octanol–water partition coefficient (Wildman–Crippen LogP) is 8.67. The number of carbonyl (C=O) groups is 1. The van der Waals surface area contributed by atoms with Gasteiger partial charge in [0.25, 0.3) is 0 Å². The van der Waals surface area contributed by atoms with Crippen LogP contribution in [0.25, 0.3) is 38.5 Å². The number of halogens is 1. The average Bonchev–Trinajstić information content (AvgIpc) is 3.73. The molecule has 4 aromatic carbocycles. The maximum Gasteiger partial charge on any atom is 0.182 e. The first-order valence-electron chi connectivity index (χ1n) is 13.5. The van der Waals surface area contributed by atoms with E-state index in [0.29, 0.717) is 29.3 Å². The number of hydrogen-bond acceptors (Lipinski definition) is 5. The molecule has 0 saturated carbocycles. The van der Waals surface area contributed by atoms with Gasteiger partial charge in [0.1, 0.15) is 34.3 Å². The Bertz CT molecular complexity index is 1920. The highest BCUT2D eigenvalue weighted by atomic mass is 79.9. The molecule has 3 heterocycles. The van der Waals surface area contributed by atoms with E-state index in [2.05, 4.69) is 6.08 Å². The number of rotatable bonds is 8. The summed E-state index contributed by atoms with van der Waals surface area (Å²) in [7, 11) is 1.61. The summed E-state index contributed by atoms with van der Waals surface area (Å²) in [5, 5.41) is 2.03. The molecule has 7 rings (SSSR count). The maximum absolute atomic E-state index is 13.4. The molecule has 6 nitrogen and oxygen atoms in total. The second kappa shape index (κ2) is 11.5. The van der Waals surface area contributed by atoms with Crippen LogP contribution in [-0.4, -0.2) is 22.4 Å². The van der Waals surface area contributed by atoms with Gasteiger partial charge in [-0.05, 0) is 60.7 Å². The summed E-state index contributed by atoms with van der Waals surface area (Å²) in [5.41, 5.74) is 4.82. The smallest absolute Gasteiger partial charge is 0.182 e. The Morgan fingerprint density at radius 2 is 1.40 bits per heavy atom. The Morgan fingerprint density at radius 3 is 2.02 bits per heavy atom. The highest BCUT2D eigenvalue weighted by Gasteiger charge is 2.18. The van der Waals surface area contributed by atoms with Crippen molar-refractivity contribution in [3.63, 3.8) is 0 Å². The lowest BCUT2D eigenvalue weighted by molar-refractivity contribution is 0.0972. The van der Waals surface area contributed by atoms with Gasteiger partial charge >= 0.3 is 0 Å². The first kappa shape index (κ1) is 27.3. The van der Waals surface area contributed by atoms with Crippen LogP contribution in [0, 0.1) is 0 Å². The van der Waals surface area contributed by atoms with Crippen LogP contribution in [-0.2, 0) is 13.0 Å². The zero-order valence-electron chi connectivity index (χ0n) is 22.8. The third-order valence-corrected chi connectivity index (χ3v) is 7.32. The van der Waals surface area contributed by atoms with Crippen LogP contribution in [0.15, 0.2) is 124 Å². The monoisotopic (exact) mass is 618 g/mol. The minimum atomic E-state index is -0.00386. The SMILES string of the molecule is Br.COc1ccc(C(=O)Cn2c(CC=C(c3cc4ccccc4o3)c3cc4ccccc4o3)nc3ccccc32)cc1. The highest BCUT2D eigenvalue weighted by Crippen LogP contribution is 2.33. The van der Waals surface area contributed by atoms with Crippen molar-refractivity contribution in [3.8, 4) is 5.75 Å². The molecular weight excluding hydrogens is 592 g/mol. The molecule has 0 atom stereocenters. The maximum atomic E-state index is 13.4. The largest absolute Gasteiger partial charge is 0.497 e. The number of fused-ring (bicyclic) bond motifs is 3. The van der Waals surface area contributed by atoms with Gasteiger partial charge in [-0.25, -0.2) is 4.98 Å². The van der Waals surface area contributed by atoms with Gasteiger partial charge in [-0.1, -0.05) is 54.6 Å². The van der Waals surface area contributed by atoms with Crippen LogP contribution in [0.4, 0.5) is 0 Å². The molecule has 0 saturated heterocycles. The highest BCUT2D eigenvalue weighted by molar-refractivity contribution is 8.93. The topological polar surface area (TPSA) is 70.4 Å². The lowest BCUT2D eigenvalue weighted by atomic mass is 10.1. The van der Waals surface area contributed by atoms with Gasteiger partial charge in [-0.2, -0.15) is 0 Å². The molecule has 0 N–H and O–H groups in total. The number of aromatic nitrogens is 2. The summed E-state index contributed by atoms with van der Waals surface area (Å²) in [6.45, 7) is 0.167. The first-order chi connectivity index (χ1) is 20.2. The number of benzene rings is 4. The summed E-state index contributed by atoms with van der Waals surface area (Å²) >= 11 is 0. The fourth-order valence-electron chi connectivity index (χ4n) is 5.21. The lowest BCUT2D eigenvalue weighted by Gasteiger charge is -2.09. The number of Topliss-reactive ketones (excluding diaryl/α,β-unsaturated/α-hetero) is 1. The lowest BCUT2D eigenvalue weighted by Crippen LogP contribution is -2.13. The number of furan rings is 2. The van der Waals surface area contributed by atoms with Crippen LogP contribution in [0.1, 0.15) is 27.7 Å². The number of para-hydroxylation sites is 4. The Kier molecular flexibility index (Phi) is 7.50. The van der Waals surface area contributed by atoms with E-state index in [1.165, 1.54) is 0 Å². The molecule has 0 aliphatic rings. The van der Waals surface area contributed by atoms with Crippen LogP contribution >= 0.6 is 17.0 Å². The van der Waals surface area contributed by atoms with Gasteiger partial charge in [-0.15, -0.1) is 17.0 Å². The summed E-state index contributed by atoms with van der Waals surface area (Å²) in [6.07, 6.45) is 2.54. The summed E-state index contributed by atoms with van der Waals surface area (Å²) < 4.78 is 19.8. The number of methoxy groups -OCH3 is 1. The van der Waals surface area contributed by atoms with E-state index in [4.69, 9.17) is 18.6 Å². The first-order valence-corrected chi connectivity index (χ1v) is 13.5. The number of ether oxygens (including phenoxy) is 1. The molecule has 7 aromatic rings. The molecule has 0 fully saturated rings. The second-order valence-corrected chi connectivity index (χ2v) is 9.87. The molecule has 0 amide bonds. The van der Waals surface area contributed by atoms with Gasteiger partial charge in [0.15, 0.2) is 5.78 Å². The van der Waals surface area contributed by atoms with Gasteiger partial charge in [-0.3, -0.25) is 4.79 Å². The van der Waals surface area contributed by atoms with Crippen molar-refractivity contribution in [2.24, 2.45) is 0 Å². The Balaban J connectivity index is 0.00000316. The third kappa shape index (κ3) is 5.15. The van der Waals surface area contributed by atoms with Crippen LogP contribution in [0.3, 0.4) is 0 Å². The van der Waals surface area contributed by atoms with Crippen molar-refractivity contribution in [2.45, 2.75) is 13.0 Å². The van der Waals surface area contributed by atoms with Gasteiger partial charge in [0, 0.05) is 22.8 Å². The normalized spacial score (nSPS) is 11.1. The van der Waals surface area contributed by atoms with Crippen molar-refractivity contribution < 1.29 is 18.4 Å². The fourth-order valence-corrected chi connectivity index (χ4v) is 5.21. The molecule has 0 spiro atoms. The molecule has 0 radical (unpaired) electrons. The predicted molar refractivity (Wildman–Crippen MR) is 171 cm³/mol. The molecule has 42 heavy (non-hydrogen) atoms. The Hall–Kier alpha value is -4.88. The van der Waals surface area contributed by atoms with Crippen LogP contribution in [0.5, 0.6) is 5.75 Å². The minimum absolute atomic E-state index is 0. The average molecular weight is 620 g/mol. The van der Waals surface area contributed by atoms with E-state index in [1.807, 2.05) is 89.5 Å². The molecule has 0 aliphatic heterocycles. The van der Waals surface area contributed by atoms with E-state index in [-0.39, 0.29) is 29.3 Å². The third-order valence-electron chi connectivity index (χ3n) is 7.32. The van der Waals surface area contributed by atoms with Gasteiger partial charge in [0.05, 0.1) is 30.3 Å². The minimum Gasteiger partial charge on any atom is -0.497 e. The molecule has 0 bridgehead atoms. The number of allylic oxidation sites excluding steroid dienone is 1. The van der Waals surface area contributed by atoms with Crippen molar-refractivity contribution in [3.05, 3.63) is 138 Å². The van der Waals surface area contributed by atoms with Crippen LogP contribution in [0.2, 0.25) is 0 Å². The van der Waals surface area contributed by atoms with E-state index >= 15 is 0 Å². The Labute approximate surface area is 252 Å². The summed E-state index contributed by atoms with van der Waals surface area (Å²) in [4.78, 5) is 18.3. The molecular formula is C35H27BrN2O4. The number of ketones is 1. The van der Waals surface area contributed by atoms with E-state index in [9.17, 15) is 4.79 Å². The molecule has 7 heteroatoms. The Morgan fingerprint density at radius 1 is 0.810 bits per heavy atom. The second-order valence-electron chi connectivity index (χ2n) is 9.87. The van der Waals surface area contributed by atoms with E-state index < -0.39 is 0 Å². The quantitative estimate of drug-likeness (QED) is 0.159. The number of hydrogen-bond donors (Lipinski definition) is 0. The molecule has 0 unspecified atom stereocenters. The standard InChI is InChI=1S/C35H26N2O4.BrH/c1-39-26-16-14-23(15-17-26)30(38)22-37-29-11-5-4-10-28(29)36-35(37)19-18-27(33-20-24-8-2-6-12-31(24)40-33)34-21-25-9-3-7-13-32(25)41-34;/h2-18,20-21H,19,22H2,1H3;1H. The van der Waals surface area contributed by atoms with Crippen molar-refractivity contribution >= 4 is 61.3 Å². The molecule has 0 aliphatic carbocycles. The van der Waals surface area contributed by atoms with E-state index in [1.54, 1.807) is 31.4 Å². The number of imidazole rings is 1. The number of nitrogens with zero attached hydrogens (tertiary/aromatic N) is 2. The van der Waals surface area contributed by atoms with Crippen molar-refractivity contribution in [1.29, 1.82) is 0 Å².